The third kappa shape index (κ3) is 4.44. The number of rotatable bonds is 6. The zero-order valence-corrected chi connectivity index (χ0v) is 9.36. The molecule has 0 aromatic carbocycles. The maximum atomic E-state index is 3.48. The van der Waals surface area contributed by atoms with Gasteiger partial charge in [0.1, 0.15) is 0 Å². The molecule has 74 valence electrons. The fourth-order valence-electron chi connectivity index (χ4n) is 1.45. The van der Waals surface area contributed by atoms with Gasteiger partial charge in [-0.3, -0.25) is 0 Å². The van der Waals surface area contributed by atoms with Crippen molar-refractivity contribution < 1.29 is 0 Å². The summed E-state index contributed by atoms with van der Waals surface area (Å²) in [5.41, 5.74) is 0. The van der Waals surface area contributed by atoms with Crippen molar-refractivity contribution in [3.05, 3.63) is 22.4 Å². The molecule has 0 radical (unpaired) electrons. The standard InChI is InChI=1S/C11H19NS/c1-3-5-10(2)8-12-9-11-6-4-7-13-11/h4,6-7,10,12H,3,5,8-9H2,1-2H3. The normalized spacial score (nSPS) is 13.1. The van der Waals surface area contributed by atoms with Gasteiger partial charge in [0.2, 0.25) is 0 Å². The molecule has 1 aromatic heterocycles. The Hall–Kier alpha value is -0.340. The van der Waals surface area contributed by atoms with Crippen molar-refractivity contribution >= 4 is 11.3 Å². The van der Waals surface area contributed by atoms with Gasteiger partial charge in [0.25, 0.3) is 0 Å². The van der Waals surface area contributed by atoms with E-state index < -0.39 is 0 Å². The summed E-state index contributed by atoms with van der Waals surface area (Å²) < 4.78 is 0. The minimum absolute atomic E-state index is 0.810. The molecule has 0 fully saturated rings. The van der Waals surface area contributed by atoms with Crippen LogP contribution in [0, 0.1) is 5.92 Å². The van der Waals surface area contributed by atoms with Crippen LogP contribution in [0.1, 0.15) is 31.6 Å². The van der Waals surface area contributed by atoms with E-state index in [0.29, 0.717) is 0 Å². The first-order chi connectivity index (χ1) is 6.33. The van der Waals surface area contributed by atoms with Crippen molar-refractivity contribution in [1.29, 1.82) is 0 Å². The lowest BCUT2D eigenvalue weighted by atomic mass is 10.1. The lowest BCUT2D eigenvalue weighted by Gasteiger charge is -2.10. The first-order valence-electron chi connectivity index (χ1n) is 5.06. The minimum Gasteiger partial charge on any atom is -0.312 e. The minimum atomic E-state index is 0.810. The largest absolute Gasteiger partial charge is 0.312 e. The van der Waals surface area contributed by atoms with Crippen LogP contribution in [0.3, 0.4) is 0 Å². The molecular formula is C11H19NS. The van der Waals surface area contributed by atoms with E-state index in [0.717, 1.165) is 19.0 Å². The van der Waals surface area contributed by atoms with Crippen LogP contribution >= 0.6 is 11.3 Å². The Morgan fingerprint density at radius 2 is 2.38 bits per heavy atom. The zero-order valence-electron chi connectivity index (χ0n) is 8.55. The first-order valence-corrected chi connectivity index (χ1v) is 5.94. The van der Waals surface area contributed by atoms with E-state index in [1.807, 2.05) is 11.3 Å². The highest BCUT2D eigenvalue weighted by Gasteiger charge is 1.99. The Kier molecular flexibility index (Phi) is 5.09. The fraction of sp³-hybridized carbons (Fsp3) is 0.636. The second kappa shape index (κ2) is 6.17. The fourth-order valence-corrected chi connectivity index (χ4v) is 2.12. The Labute approximate surface area is 85.2 Å². The molecule has 0 aliphatic carbocycles. The summed E-state index contributed by atoms with van der Waals surface area (Å²) in [4.78, 5) is 1.43. The van der Waals surface area contributed by atoms with Crippen LogP contribution in [0.5, 0.6) is 0 Å². The summed E-state index contributed by atoms with van der Waals surface area (Å²) in [7, 11) is 0. The van der Waals surface area contributed by atoms with Crippen molar-refractivity contribution in [3.8, 4) is 0 Å². The van der Waals surface area contributed by atoms with Crippen LogP contribution in [-0.2, 0) is 6.54 Å². The Morgan fingerprint density at radius 3 is 3.00 bits per heavy atom. The van der Waals surface area contributed by atoms with Crippen LogP contribution in [-0.4, -0.2) is 6.54 Å². The topological polar surface area (TPSA) is 12.0 Å². The molecular weight excluding hydrogens is 178 g/mol. The van der Waals surface area contributed by atoms with E-state index in [1.165, 1.54) is 17.7 Å². The first kappa shape index (κ1) is 10.7. The number of nitrogens with one attached hydrogen (secondary N) is 1. The van der Waals surface area contributed by atoms with Crippen LogP contribution in [0.2, 0.25) is 0 Å². The molecule has 2 heteroatoms. The number of hydrogen-bond donors (Lipinski definition) is 1. The summed E-state index contributed by atoms with van der Waals surface area (Å²) in [6.45, 7) is 6.73. The average molecular weight is 197 g/mol. The van der Waals surface area contributed by atoms with Crippen LogP contribution in [0.15, 0.2) is 17.5 Å². The molecule has 0 bridgehead atoms. The second-order valence-corrected chi connectivity index (χ2v) is 4.64. The second-order valence-electron chi connectivity index (χ2n) is 3.60. The number of thiophene rings is 1. The van der Waals surface area contributed by atoms with E-state index >= 15 is 0 Å². The molecule has 0 spiro atoms. The Morgan fingerprint density at radius 1 is 1.54 bits per heavy atom. The Balaban J connectivity index is 2.07. The molecule has 0 amide bonds. The molecule has 13 heavy (non-hydrogen) atoms. The van der Waals surface area contributed by atoms with Gasteiger partial charge >= 0.3 is 0 Å². The summed E-state index contributed by atoms with van der Waals surface area (Å²) in [5, 5.41) is 5.61. The highest BCUT2D eigenvalue weighted by atomic mass is 32.1. The maximum Gasteiger partial charge on any atom is 0.0299 e. The van der Waals surface area contributed by atoms with Crippen molar-refractivity contribution in [2.45, 2.75) is 33.2 Å². The van der Waals surface area contributed by atoms with Crippen molar-refractivity contribution in [1.82, 2.24) is 5.32 Å². The van der Waals surface area contributed by atoms with E-state index in [4.69, 9.17) is 0 Å². The van der Waals surface area contributed by atoms with Crippen molar-refractivity contribution in [3.63, 3.8) is 0 Å². The lowest BCUT2D eigenvalue weighted by Crippen LogP contribution is -2.20. The molecule has 1 atom stereocenters. The van der Waals surface area contributed by atoms with E-state index in [2.05, 4.69) is 36.7 Å². The summed E-state index contributed by atoms with van der Waals surface area (Å²) in [5.74, 6) is 0.810. The molecule has 0 saturated heterocycles. The van der Waals surface area contributed by atoms with Gasteiger partial charge in [0.05, 0.1) is 0 Å². The smallest absolute Gasteiger partial charge is 0.0299 e. The highest BCUT2D eigenvalue weighted by Crippen LogP contribution is 2.08. The third-order valence-corrected chi connectivity index (χ3v) is 3.03. The summed E-state index contributed by atoms with van der Waals surface area (Å²) >= 11 is 1.83. The molecule has 1 N–H and O–H groups in total. The predicted octanol–water partition coefficient (Wildman–Crippen LogP) is 3.27. The molecule has 0 aliphatic heterocycles. The van der Waals surface area contributed by atoms with Gasteiger partial charge < -0.3 is 5.32 Å². The Bertz CT molecular complexity index is 206. The van der Waals surface area contributed by atoms with Gasteiger partial charge in [-0.25, -0.2) is 0 Å². The van der Waals surface area contributed by atoms with Crippen LogP contribution in [0.25, 0.3) is 0 Å². The number of hydrogen-bond acceptors (Lipinski definition) is 2. The van der Waals surface area contributed by atoms with Crippen molar-refractivity contribution in [2.75, 3.05) is 6.54 Å². The van der Waals surface area contributed by atoms with Crippen LogP contribution in [0.4, 0.5) is 0 Å². The summed E-state index contributed by atoms with van der Waals surface area (Å²) in [6, 6.07) is 4.29. The molecule has 0 aliphatic rings. The molecule has 1 heterocycles. The van der Waals surface area contributed by atoms with Gasteiger partial charge in [-0.15, -0.1) is 11.3 Å². The van der Waals surface area contributed by atoms with Gasteiger partial charge in [-0.2, -0.15) is 0 Å². The average Bonchev–Trinajstić information content (AvgIpc) is 2.57. The third-order valence-electron chi connectivity index (χ3n) is 2.15. The van der Waals surface area contributed by atoms with Gasteiger partial charge in [-0.1, -0.05) is 26.3 Å². The lowest BCUT2D eigenvalue weighted by molar-refractivity contribution is 0.477. The monoisotopic (exact) mass is 197 g/mol. The quantitative estimate of drug-likeness (QED) is 0.738. The predicted molar refractivity (Wildman–Crippen MR) is 60.1 cm³/mol. The van der Waals surface area contributed by atoms with Crippen molar-refractivity contribution in [2.24, 2.45) is 5.92 Å². The molecule has 1 unspecified atom stereocenters. The SMILES string of the molecule is CCCC(C)CNCc1cccs1. The van der Waals surface area contributed by atoms with E-state index in [9.17, 15) is 0 Å². The van der Waals surface area contributed by atoms with Crippen LogP contribution < -0.4 is 5.32 Å². The highest BCUT2D eigenvalue weighted by molar-refractivity contribution is 7.09. The van der Waals surface area contributed by atoms with Gasteiger partial charge in [0, 0.05) is 11.4 Å². The van der Waals surface area contributed by atoms with E-state index in [-0.39, 0.29) is 0 Å². The maximum absolute atomic E-state index is 3.48. The van der Waals surface area contributed by atoms with E-state index in [1.54, 1.807) is 0 Å². The zero-order chi connectivity index (χ0) is 9.52. The molecule has 1 aromatic rings. The van der Waals surface area contributed by atoms with Gasteiger partial charge in [0.15, 0.2) is 0 Å². The van der Waals surface area contributed by atoms with Gasteiger partial charge in [-0.05, 0) is 30.3 Å². The molecule has 1 rings (SSSR count). The molecule has 0 saturated carbocycles. The summed E-state index contributed by atoms with van der Waals surface area (Å²) in [6.07, 6.45) is 2.62. The molecule has 1 nitrogen and oxygen atoms in total.